The molecule has 2 aromatic carbocycles. The molecule has 0 saturated heterocycles. The Labute approximate surface area is 145 Å². The molecule has 0 atom stereocenters. The third-order valence-corrected chi connectivity index (χ3v) is 3.74. The van der Waals surface area contributed by atoms with E-state index in [9.17, 15) is 4.79 Å². The first-order chi connectivity index (χ1) is 12.2. The highest BCUT2D eigenvalue weighted by atomic mass is 16.5. The van der Waals surface area contributed by atoms with Gasteiger partial charge in [-0.25, -0.2) is 0 Å². The highest BCUT2D eigenvalue weighted by molar-refractivity contribution is 5.73. The lowest BCUT2D eigenvalue weighted by molar-refractivity contribution is -0.139. The van der Waals surface area contributed by atoms with Crippen LogP contribution in [0.2, 0.25) is 0 Å². The molecule has 0 spiro atoms. The summed E-state index contributed by atoms with van der Waals surface area (Å²) in [6.07, 6.45) is 0.144. The predicted molar refractivity (Wildman–Crippen MR) is 91.0 cm³/mol. The van der Waals surface area contributed by atoms with Gasteiger partial charge in [0.2, 0.25) is 5.82 Å². The highest BCUT2D eigenvalue weighted by Crippen LogP contribution is 2.22. The summed E-state index contributed by atoms with van der Waals surface area (Å²) in [7, 11) is 1.36. The minimum atomic E-state index is -0.323. The zero-order valence-electron chi connectivity index (χ0n) is 14.1. The van der Waals surface area contributed by atoms with E-state index in [4.69, 9.17) is 14.0 Å². The van der Waals surface area contributed by atoms with E-state index in [0.29, 0.717) is 17.5 Å². The first kappa shape index (κ1) is 16.7. The second-order valence-corrected chi connectivity index (χ2v) is 5.48. The van der Waals surface area contributed by atoms with Gasteiger partial charge in [0, 0.05) is 11.1 Å². The summed E-state index contributed by atoms with van der Waals surface area (Å²) >= 11 is 0. The lowest BCUT2D eigenvalue weighted by atomic mass is 10.1. The summed E-state index contributed by atoms with van der Waals surface area (Å²) in [5, 5.41) is 4.00. The van der Waals surface area contributed by atoms with E-state index in [2.05, 4.69) is 10.1 Å². The number of carbonyl (C=O) groups excluding carboxylic acids is 1. The second kappa shape index (κ2) is 7.61. The molecule has 0 aliphatic rings. The van der Waals surface area contributed by atoms with E-state index in [1.807, 2.05) is 49.4 Å². The maximum atomic E-state index is 11.5. The van der Waals surface area contributed by atoms with Gasteiger partial charge >= 0.3 is 5.97 Å². The van der Waals surface area contributed by atoms with Crippen molar-refractivity contribution < 1.29 is 18.8 Å². The van der Waals surface area contributed by atoms with Crippen LogP contribution in [0.1, 0.15) is 17.0 Å². The predicted octanol–water partition coefficient (Wildman–Crippen LogP) is 3.34. The number of hydrogen-bond acceptors (Lipinski definition) is 6. The van der Waals surface area contributed by atoms with Crippen LogP contribution in [0.4, 0.5) is 0 Å². The third kappa shape index (κ3) is 4.03. The molecule has 128 valence electrons. The van der Waals surface area contributed by atoms with Crippen molar-refractivity contribution in [2.45, 2.75) is 20.0 Å². The standard InChI is InChI=1S/C19H18N2O4/c1-13-7-3-5-9-15(13)19-20-17(25-21-19)12-24-16-10-6-4-8-14(16)11-18(22)23-2/h3-10H,11-12H2,1-2H3. The minimum Gasteiger partial charge on any atom is -0.483 e. The van der Waals surface area contributed by atoms with Crippen molar-refractivity contribution in [1.82, 2.24) is 10.1 Å². The molecule has 0 bridgehead atoms. The molecule has 3 rings (SSSR count). The smallest absolute Gasteiger partial charge is 0.310 e. The van der Waals surface area contributed by atoms with Crippen LogP contribution in [-0.2, 0) is 22.6 Å². The fourth-order valence-electron chi connectivity index (χ4n) is 2.40. The van der Waals surface area contributed by atoms with Gasteiger partial charge in [0.25, 0.3) is 5.89 Å². The number of rotatable bonds is 6. The Kier molecular flexibility index (Phi) is 5.09. The summed E-state index contributed by atoms with van der Waals surface area (Å²) in [4.78, 5) is 15.8. The van der Waals surface area contributed by atoms with E-state index >= 15 is 0 Å². The molecule has 0 unspecified atom stereocenters. The fraction of sp³-hybridized carbons (Fsp3) is 0.211. The largest absolute Gasteiger partial charge is 0.483 e. The van der Waals surface area contributed by atoms with Crippen LogP contribution in [0.25, 0.3) is 11.4 Å². The maximum absolute atomic E-state index is 11.5. The van der Waals surface area contributed by atoms with Crippen LogP contribution >= 0.6 is 0 Å². The summed E-state index contributed by atoms with van der Waals surface area (Å²) in [6, 6.07) is 15.1. The normalized spacial score (nSPS) is 10.5. The van der Waals surface area contributed by atoms with Crippen molar-refractivity contribution in [3.05, 3.63) is 65.5 Å². The van der Waals surface area contributed by atoms with Crippen molar-refractivity contribution in [3.63, 3.8) is 0 Å². The molecular weight excluding hydrogens is 320 g/mol. The van der Waals surface area contributed by atoms with E-state index in [1.165, 1.54) is 7.11 Å². The van der Waals surface area contributed by atoms with E-state index in [1.54, 1.807) is 6.07 Å². The van der Waals surface area contributed by atoms with Crippen molar-refractivity contribution in [2.24, 2.45) is 0 Å². The number of nitrogens with zero attached hydrogens (tertiary/aromatic N) is 2. The van der Waals surface area contributed by atoms with Crippen LogP contribution in [0.3, 0.4) is 0 Å². The second-order valence-electron chi connectivity index (χ2n) is 5.48. The Balaban J connectivity index is 1.71. The number of benzene rings is 2. The minimum absolute atomic E-state index is 0.122. The highest BCUT2D eigenvalue weighted by Gasteiger charge is 2.13. The van der Waals surface area contributed by atoms with Crippen LogP contribution < -0.4 is 4.74 Å². The molecule has 0 N–H and O–H groups in total. The van der Waals surface area contributed by atoms with Gasteiger partial charge in [-0.2, -0.15) is 4.98 Å². The van der Waals surface area contributed by atoms with Crippen molar-refractivity contribution in [2.75, 3.05) is 7.11 Å². The van der Waals surface area contributed by atoms with Gasteiger partial charge in [-0.15, -0.1) is 0 Å². The quantitative estimate of drug-likeness (QED) is 0.642. The average molecular weight is 338 g/mol. The molecule has 0 radical (unpaired) electrons. The number of hydrogen-bond donors (Lipinski definition) is 0. The summed E-state index contributed by atoms with van der Waals surface area (Å²) in [6.45, 7) is 2.11. The molecule has 1 heterocycles. The molecule has 25 heavy (non-hydrogen) atoms. The summed E-state index contributed by atoms with van der Waals surface area (Å²) in [5.41, 5.74) is 2.73. The lowest BCUT2D eigenvalue weighted by Gasteiger charge is -2.08. The monoisotopic (exact) mass is 338 g/mol. The average Bonchev–Trinajstić information content (AvgIpc) is 3.10. The van der Waals surface area contributed by atoms with E-state index in [0.717, 1.165) is 16.7 Å². The Morgan fingerprint density at radius 1 is 1.12 bits per heavy atom. The summed E-state index contributed by atoms with van der Waals surface area (Å²) in [5.74, 6) is 1.16. The molecule has 6 nitrogen and oxygen atoms in total. The zero-order valence-corrected chi connectivity index (χ0v) is 14.1. The molecule has 3 aromatic rings. The first-order valence-electron chi connectivity index (χ1n) is 7.83. The molecule has 0 fully saturated rings. The molecule has 1 aromatic heterocycles. The van der Waals surface area contributed by atoms with E-state index < -0.39 is 0 Å². The number of ether oxygens (including phenoxy) is 2. The van der Waals surface area contributed by atoms with Crippen molar-refractivity contribution in [3.8, 4) is 17.1 Å². The SMILES string of the molecule is COC(=O)Cc1ccccc1OCc1nc(-c2ccccc2C)no1. The van der Waals surface area contributed by atoms with Gasteiger partial charge < -0.3 is 14.0 Å². The van der Waals surface area contributed by atoms with Crippen LogP contribution in [-0.4, -0.2) is 23.2 Å². The van der Waals surface area contributed by atoms with Gasteiger partial charge in [-0.3, -0.25) is 4.79 Å². The van der Waals surface area contributed by atoms with Gasteiger partial charge in [0.1, 0.15) is 5.75 Å². The van der Waals surface area contributed by atoms with E-state index in [-0.39, 0.29) is 19.0 Å². The number of aromatic nitrogens is 2. The Hall–Kier alpha value is -3.15. The van der Waals surface area contributed by atoms with Gasteiger partial charge in [0.15, 0.2) is 6.61 Å². The fourth-order valence-corrected chi connectivity index (χ4v) is 2.40. The lowest BCUT2D eigenvalue weighted by Crippen LogP contribution is -2.06. The number of para-hydroxylation sites is 1. The van der Waals surface area contributed by atoms with Crippen LogP contribution in [0, 0.1) is 6.92 Å². The molecular formula is C19H18N2O4. The van der Waals surface area contributed by atoms with Crippen LogP contribution in [0.5, 0.6) is 5.75 Å². The van der Waals surface area contributed by atoms with Crippen LogP contribution in [0.15, 0.2) is 53.1 Å². The topological polar surface area (TPSA) is 74.5 Å². The number of esters is 1. The maximum Gasteiger partial charge on any atom is 0.310 e. The van der Waals surface area contributed by atoms with Gasteiger partial charge in [-0.05, 0) is 18.6 Å². The molecule has 0 aliphatic heterocycles. The molecule has 0 amide bonds. The van der Waals surface area contributed by atoms with Crippen molar-refractivity contribution in [1.29, 1.82) is 0 Å². The molecule has 0 aliphatic carbocycles. The third-order valence-electron chi connectivity index (χ3n) is 3.74. The zero-order chi connectivity index (χ0) is 17.6. The summed E-state index contributed by atoms with van der Waals surface area (Å²) < 4.78 is 15.7. The number of methoxy groups -OCH3 is 1. The van der Waals surface area contributed by atoms with Gasteiger partial charge in [0.05, 0.1) is 13.5 Å². The van der Waals surface area contributed by atoms with Gasteiger partial charge in [-0.1, -0.05) is 47.6 Å². The molecule has 0 saturated carbocycles. The Morgan fingerprint density at radius 3 is 2.68 bits per heavy atom. The molecule has 6 heteroatoms. The van der Waals surface area contributed by atoms with Crippen molar-refractivity contribution >= 4 is 5.97 Å². The first-order valence-corrected chi connectivity index (χ1v) is 7.83. The number of aryl methyl sites for hydroxylation is 1. The Bertz CT molecular complexity index is 873. The Morgan fingerprint density at radius 2 is 1.88 bits per heavy atom. The number of carbonyl (C=O) groups is 1.